The molecule has 1 N–H and O–H groups in total. The number of sulfonamides is 1. The minimum atomic E-state index is -3.63. The zero-order valence-corrected chi connectivity index (χ0v) is 21.1. The second-order valence-corrected chi connectivity index (χ2v) is 11.9. The lowest BCUT2D eigenvalue weighted by Gasteiger charge is -2.39. The molecule has 0 amide bonds. The number of rotatable bonds is 6. The maximum Gasteiger partial charge on any atom is 0.221 e. The predicted octanol–water partition coefficient (Wildman–Crippen LogP) is 3.53. The van der Waals surface area contributed by atoms with Crippen LogP contribution in [0.4, 0.5) is 10.1 Å². The van der Waals surface area contributed by atoms with Crippen LogP contribution in [0.5, 0.6) is 0 Å². The van der Waals surface area contributed by atoms with Gasteiger partial charge in [0, 0.05) is 55.5 Å². The second kappa shape index (κ2) is 10.3. The maximum atomic E-state index is 15.3. The molecule has 5 rings (SSSR count). The van der Waals surface area contributed by atoms with E-state index in [9.17, 15) is 13.5 Å². The van der Waals surface area contributed by atoms with Crippen LogP contribution in [-0.4, -0.2) is 58.3 Å². The summed E-state index contributed by atoms with van der Waals surface area (Å²) in [6.45, 7) is 3.18. The van der Waals surface area contributed by atoms with Gasteiger partial charge in [0.1, 0.15) is 23.7 Å². The van der Waals surface area contributed by atoms with E-state index in [0.29, 0.717) is 25.1 Å². The van der Waals surface area contributed by atoms with Crippen molar-refractivity contribution in [1.82, 2.24) is 19.1 Å². The van der Waals surface area contributed by atoms with E-state index in [0.717, 1.165) is 24.1 Å². The van der Waals surface area contributed by atoms with Gasteiger partial charge in [-0.25, -0.2) is 12.8 Å². The van der Waals surface area contributed by atoms with Crippen LogP contribution in [-0.2, 0) is 16.6 Å². The van der Waals surface area contributed by atoms with Gasteiger partial charge < -0.3 is 14.6 Å². The molecule has 2 saturated heterocycles. The monoisotopic (exact) mass is 513 g/mol. The molecule has 8 nitrogen and oxygen atoms in total. The van der Waals surface area contributed by atoms with Crippen molar-refractivity contribution in [3.8, 4) is 0 Å². The molecule has 0 spiro atoms. The Bertz CT molecular complexity index is 1270. The van der Waals surface area contributed by atoms with Gasteiger partial charge >= 0.3 is 0 Å². The SMILES string of the molecule is CC1CCC(c2ccccc2)S(=O)(=O)N1Cc1ccc(N2CC[C@@H](n3cnnc3)[C@H](CO)C2)cc1F. The van der Waals surface area contributed by atoms with Gasteiger partial charge in [-0.2, -0.15) is 4.31 Å². The van der Waals surface area contributed by atoms with Gasteiger partial charge in [0.05, 0.1) is 0 Å². The molecule has 36 heavy (non-hydrogen) atoms. The normalized spacial score (nSPS) is 26.7. The van der Waals surface area contributed by atoms with Gasteiger partial charge in [-0.1, -0.05) is 36.4 Å². The average molecular weight is 514 g/mol. The number of benzene rings is 2. The first-order valence-corrected chi connectivity index (χ1v) is 13.9. The highest BCUT2D eigenvalue weighted by Gasteiger charge is 2.40. The Labute approximate surface area is 211 Å². The average Bonchev–Trinajstić information content (AvgIpc) is 3.42. The molecule has 192 valence electrons. The molecule has 1 aromatic heterocycles. The van der Waals surface area contributed by atoms with Crippen molar-refractivity contribution in [3.05, 3.63) is 78.1 Å². The molecule has 2 aliphatic heterocycles. The van der Waals surface area contributed by atoms with E-state index < -0.39 is 21.1 Å². The summed E-state index contributed by atoms with van der Waals surface area (Å²) < 4.78 is 45.7. The molecule has 0 bridgehead atoms. The van der Waals surface area contributed by atoms with Crippen molar-refractivity contribution in [2.45, 2.75) is 50.1 Å². The summed E-state index contributed by atoms with van der Waals surface area (Å²) in [4.78, 5) is 2.07. The van der Waals surface area contributed by atoms with Crippen LogP contribution in [0.15, 0.2) is 61.2 Å². The number of aromatic nitrogens is 3. The number of aliphatic hydroxyl groups is 1. The Morgan fingerprint density at radius 1 is 1.06 bits per heavy atom. The summed E-state index contributed by atoms with van der Waals surface area (Å²) in [7, 11) is -3.63. The first kappa shape index (κ1) is 24.9. The highest BCUT2D eigenvalue weighted by atomic mass is 32.2. The highest BCUT2D eigenvalue weighted by molar-refractivity contribution is 7.89. The second-order valence-electron chi connectivity index (χ2n) is 9.85. The molecule has 2 aliphatic rings. The highest BCUT2D eigenvalue weighted by Crippen LogP contribution is 2.38. The summed E-state index contributed by atoms with van der Waals surface area (Å²) in [5.74, 6) is -0.454. The summed E-state index contributed by atoms with van der Waals surface area (Å²) >= 11 is 0. The molecule has 3 heterocycles. The van der Waals surface area contributed by atoms with E-state index in [-0.39, 0.29) is 31.2 Å². The molecule has 10 heteroatoms. The number of halogens is 1. The van der Waals surface area contributed by atoms with Crippen LogP contribution >= 0.6 is 0 Å². The Morgan fingerprint density at radius 2 is 1.81 bits per heavy atom. The summed E-state index contributed by atoms with van der Waals surface area (Å²) in [5.41, 5.74) is 1.87. The third kappa shape index (κ3) is 4.77. The molecular weight excluding hydrogens is 481 g/mol. The fourth-order valence-electron chi connectivity index (χ4n) is 5.59. The number of hydrogen-bond acceptors (Lipinski definition) is 6. The van der Waals surface area contributed by atoms with Crippen molar-refractivity contribution in [3.63, 3.8) is 0 Å². The largest absolute Gasteiger partial charge is 0.396 e. The maximum absolute atomic E-state index is 15.3. The molecule has 4 atom stereocenters. The third-order valence-corrected chi connectivity index (χ3v) is 10.0. The third-order valence-electron chi connectivity index (χ3n) is 7.67. The van der Waals surface area contributed by atoms with E-state index in [1.54, 1.807) is 18.7 Å². The lowest BCUT2D eigenvalue weighted by molar-refractivity contribution is 0.160. The van der Waals surface area contributed by atoms with Crippen LogP contribution in [0.2, 0.25) is 0 Å². The van der Waals surface area contributed by atoms with Gasteiger partial charge in [-0.05, 0) is 43.9 Å². The van der Waals surface area contributed by atoms with Crippen molar-refractivity contribution in [2.75, 3.05) is 24.6 Å². The van der Waals surface area contributed by atoms with Crippen molar-refractivity contribution >= 4 is 15.7 Å². The van der Waals surface area contributed by atoms with E-state index in [4.69, 9.17) is 0 Å². The lowest BCUT2D eigenvalue weighted by atomic mass is 9.92. The number of aliphatic hydroxyl groups excluding tert-OH is 1. The van der Waals surface area contributed by atoms with E-state index in [1.165, 1.54) is 10.4 Å². The van der Waals surface area contributed by atoms with Gasteiger partial charge in [-0.3, -0.25) is 0 Å². The lowest BCUT2D eigenvalue weighted by Crippen LogP contribution is -2.45. The van der Waals surface area contributed by atoms with Crippen LogP contribution in [0.1, 0.15) is 48.6 Å². The Kier molecular flexibility index (Phi) is 7.09. The Morgan fingerprint density at radius 3 is 2.50 bits per heavy atom. The summed E-state index contributed by atoms with van der Waals surface area (Å²) in [5, 5.41) is 17.1. The van der Waals surface area contributed by atoms with Crippen LogP contribution in [0, 0.1) is 11.7 Å². The van der Waals surface area contributed by atoms with Gasteiger partial charge in [-0.15, -0.1) is 10.2 Å². The minimum absolute atomic E-state index is 0.00714. The number of hydrogen-bond donors (Lipinski definition) is 1. The molecular formula is C26H32FN5O3S. The van der Waals surface area contributed by atoms with E-state index in [1.807, 2.05) is 47.9 Å². The quantitative estimate of drug-likeness (QED) is 0.542. The van der Waals surface area contributed by atoms with Crippen molar-refractivity contribution < 1.29 is 17.9 Å². The predicted molar refractivity (Wildman–Crippen MR) is 135 cm³/mol. The number of piperidine rings is 1. The molecule has 2 unspecified atom stereocenters. The van der Waals surface area contributed by atoms with Gasteiger partial charge in [0.2, 0.25) is 10.0 Å². The topological polar surface area (TPSA) is 91.6 Å². The summed E-state index contributed by atoms with van der Waals surface area (Å²) in [6.07, 6.45) is 5.38. The molecule has 3 aromatic rings. The number of nitrogens with zero attached hydrogens (tertiary/aromatic N) is 5. The Balaban J connectivity index is 1.32. The standard InChI is InChI=1S/C26H32FN5O3S/c1-19-7-10-26(20-5-3-2-4-6-20)36(34,35)32(19)15-21-8-9-23(13-24(21)27)30-12-11-25(22(14-30)16-33)31-17-28-29-18-31/h2-6,8-9,13,17-19,22,25-26,33H,7,10-12,14-16H2,1H3/t19?,22-,25+,26?/m0/s1. The molecule has 0 aliphatic carbocycles. The van der Waals surface area contributed by atoms with E-state index >= 15 is 4.39 Å². The molecule has 2 aromatic carbocycles. The minimum Gasteiger partial charge on any atom is -0.396 e. The van der Waals surface area contributed by atoms with E-state index in [2.05, 4.69) is 15.1 Å². The molecule has 0 radical (unpaired) electrons. The summed E-state index contributed by atoms with van der Waals surface area (Å²) in [6, 6.07) is 14.2. The van der Waals surface area contributed by atoms with Crippen molar-refractivity contribution in [1.29, 1.82) is 0 Å². The van der Waals surface area contributed by atoms with Crippen LogP contribution in [0.3, 0.4) is 0 Å². The molecule has 0 saturated carbocycles. The van der Waals surface area contributed by atoms with Crippen LogP contribution < -0.4 is 4.90 Å². The first-order chi connectivity index (χ1) is 17.4. The zero-order chi connectivity index (χ0) is 25.3. The van der Waals surface area contributed by atoms with Crippen LogP contribution in [0.25, 0.3) is 0 Å². The first-order valence-electron chi connectivity index (χ1n) is 12.4. The van der Waals surface area contributed by atoms with Crippen molar-refractivity contribution in [2.24, 2.45) is 5.92 Å². The van der Waals surface area contributed by atoms with Gasteiger partial charge in [0.15, 0.2) is 0 Å². The smallest absolute Gasteiger partial charge is 0.221 e. The zero-order valence-electron chi connectivity index (χ0n) is 20.3. The Hall–Kier alpha value is -2.82. The fraction of sp³-hybridized carbons (Fsp3) is 0.462. The van der Waals surface area contributed by atoms with Gasteiger partial charge in [0.25, 0.3) is 0 Å². The molecule has 2 fully saturated rings. The number of anilines is 1. The fourth-order valence-corrected chi connectivity index (χ4v) is 7.78.